The third-order valence-corrected chi connectivity index (χ3v) is 3.70. The number of benzene rings is 1. The van der Waals surface area contributed by atoms with Crippen molar-refractivity contribution in [1.29, 1.82) is 5.26 Å². The third-order valence-electron chi connectivity index (χ3n) is 3.03. The number of nitriles is 1. The van der Waals surface area contributed by atoms with Crippen LogP contribution in [0, 0.1) is 11.3 Å². The van der Waals surface area contributed by atoms with Crippen LogP contribution in [0.25, 0.3) is 0 Å². The van der Waals surface area contributed by atoms with E-state index < -0.39 is 6.04 Å². The van der Waals surface area contributed by atoms with Gasteiger partial charge in [0.15, 0.2) is 0 Å². The smallest absolute Gasteiger partial charge is 0.315 e. The maximum Gasteiger partial charge on any atom is 0.315 e. The maximum absolute atomic E-state index is 12.0. The molecule has 3 N–H and O–H groups in total. The van der Waals surface area contributed by atoms with Crippen LogP contribution < -0.4 is 16.0 Å². The minimum atomic E-state index is -0.611. The molecule has 0 saturated carbocycles. The lowest BCUT2D eigenvalue weighted by Crippen LogP contribution is -2.51. The highest BCUT2D eigenvalue weighted by Crippen LogP contribution is 1.99. The summed E-state index contributed by atoms with van der Waals surface area (Å²) in [6.07, 6.45) is 2.85. The molecule has 0 aliphatic carbocycles. The number of carbonyl (C=O) groups excluding carboxylic acids is 2. The second-order valence-corrected chi connectivity index (χ2v) is 5.75. The second-order valence-electron chi connectivity index (χ2n) is 4.84. The van der Waals surface area contributed by atoms with Gasteiger partial charge in [-0.2, -0.15) is 17.0 Å². The molecule has 0 saturated heterocycles. The molecular formula is C16H22N4O2S. The molecule has 1 atom stereocenters. The van der Waals surface area contributed by atoms with Crippen molar-refractivity contribution in [2.24, 2.45) is 0 Å². The fourth-order valence-electron chi connectivity index (χ4n) is 1.89. The van der Waals surface area contributed by atoms with Crippen LogP contribution in [-0.2, 0) is 11.2 Å². The Morgan fingerprint density at radius 1 is 1.22 bits per heavy atom. The molecule has 7 heteroatoms. The Hall–Kier alpha value is -2.20. The molecule has 0 fully saturated rings. The van der Waals surface area contributed by atoms with E-state index in [2.05, 4.69) is 16.0 Å². The van der Waals surface area contributed by atoms with Crippen LogP contribution in [0.5, 0.6) is 0 Å². The zero-order valence-electron chi connectivity index (χ0n) is 13.2. The minimum absolute atomic E-state index is 0.251. The Kier molecular flexibility index (Phi) is 9.32. The quantitative estimate of drug-likeness (QED) is 0.593. The van der Waals surface area contributed by atoms with Gasteiger partial charge in [0.05, 0.1) is 12.5 Å². The van der Waals surface area contributed by atoms with Crippen molar-refractivity contribution < 1.29 is 9.59 Å². The number of amides is 3. The van der Waals surface area contributed by atoms with Gasteiger partial charge in [-0.15, -0.1) is 0 Å². The zero-order chi connectivity index (χ0) is 16.9. The molecule has 6 nitrogen and oxygen atoms in total. The van der Waals surface area contributed by atoms with E-state index in [0.29, 0.717) is 12.3 Å². The van der Waals surface area contributed by atoms with Gasteiger partial charge in [-0.25, -0.2) is 4.79 Å². The van der Waals surface area contributed by atoms with E-state index in [1.54, 1.807) is 0 Å². The molecule has 0 bridgehead atoms. The van der Waals surface area contributed by atoms with Gasteiger partial charge in [-0.1, -0.05) is 30.3 Å². The Morgan fingerprint density at radius 3 is 2.61 bits per heavy atom. The number of hydrogen-bond acceptors (Lipinski definition) is 4. The largest absolute Gasteiger partial charge is 0.353 e. The van der Waals surface area contributed by atoms with E-state index >= 15 is 0 Å². The number of thioether (sulfide) groups is 1. The van der Waals surface area contributed by atoms with Crippen molar-refractivity contribution in [2.45, 2.75) is 18.9 Å². The average molecular weight is 334 g/mol. The molecule has 0 aromatic heterocycles. The van der Waals surface area contributed by atoms with Crippen molar-refractivity contribution in [1.82, 2.24) is 16.0 Å². The standard InChI is InChI=1S/C16H22N4O2S/c1-23-12-14(15(21)18-10-5-9-17)20-16(22)19-11-8-13-6-3-2-4-7-13/h2-4,6-7,14H,5,8,10-12H2,1H3,(H,18,21)(H2,19,20,22). The lowest BCUT2D eigenvalue weighted by atomic mass is 10.1. The molecular weight excluding hydrogens is 312 g/mol. The summed E-state index contributed by atoms with van der Waals surface area (Å²) in [5, 5.41) is 16.5. The van der Waals surface area contributed by atoms with Gasteiger partial charge >= 0.3 is 6.03 Å². The summed E-state index contributed by atoms with van der Waals surface area (Å²) in [5.41, 5.74) is 1.14. The van der Waals surface area contributed by atoms with Crippen LogP contribution in [0.4, 0.5) is 4.79 Å². The van der Waals surface area contributed by atoms with Crippen molar-refractivity contribution in [2.75, 3.05) is 25.1 Å². The molecule has 0 heterocycles. The molecule has 23 heavy (non-hydrogen) atoms. The van der Waals surface area contributed by atoms with Gasteiger partial charge in [0, 0.05) is 18.8 Å². The first kappa shape index (κ1) is 18.8. The van der Waals surface area contributed by atoms with Crippen LogP contribution in [0.1, 0.15) is 12.0 Å². The van der Waals surface area contributed by atoms with Crippen LogP contribution in [0.3, 0.4) is 0 Å². The second kappa shape index (κ2) is 11.4. The summed E-state index contributed by atoms with van der Waals surface area (Å²) in [4.78, 5) is 23.9. The summed E-state index contributed by atoms with van der Waals surface area (Å²) in [6.45, 7) is 0.787. The number of nitrogens with zero attached hydrogens (tertiary/aromatic N) is 1. The van der Waals surface area contributed by atoms with E-state index in [1.807, 2.05) is 42.7 Å². The summed E-state index contributed by atoms with van der Waals surface area (Å²) in [7, 11) is 0. The predicted octanol–water partition coefficient (Wildman–Crippen LogP) is 1.29. The van der Waals surface area contributed by atoms with Crippen molar-refractivity contribution in [3.63, 3.8) is 0 Å². The fourth-order valence-corrected chi connectivity index (χ4v) is 2.46. The summed E-state index contributed by atoms with van der Waals surface area (Å²) >= 11 is 1.47. The number of nitrogens with one attached hydrogen (secondary N) is 3. The number of rotatable bonds is 9. The Labute approximate surface area is 141 Å². The van der Waals surface area contributed by atoms with Crippen molar-refractivity contribution >= 4 is 23.7 Å². The summed E-state index contributed by atoms with van der Waals surface area (Å²) < 4.78 is 0. The first-order valence-electron chi connectivity index (χ1n) is 7.39. The molecule has 0 aliphatic rings. The lowest BCUT2D eigenvalue weighted by Gasteiger charge is -2.17. The molecule has 1 aromatic rings. The molecule has 1 aromatic carbocycles. The van der Waals surface area contributed by atoms with E-state index in [-0.39, 0.29) is 24.9 Å². The zero-order valence-corrected chi connectivity index (χ0v) is 14.0. The highest BCUT2D eigenvalue weighted by Gasteiger charge is 2.19. The van der Waals surface area contributed by atoms with Gasteiger partial charge in [-0.05, 0) is 18.2 Å². The molecule has 0 spiro atoms. The molecule has 1 unspecified atom stereocenters. The van der Waals surface area contributed by atoms with Crippen LogP contribution in [0.15, 0.2) is 30.3 Å². The van der Waals surface area contributed by atoms with E-state index in [4.69, 9.17) is 5.26 Å². The maximum atomic E-state index is 12.0. The first-order valence-corrected chi connectivity index (χ1v) is 8.78. The highest BCUT2D eigenvalue weighted by molar-refractivity contribution is 7.98. The Balaban J connectivity index is 2.35. The first-order chi connectivity index (χ1) is 11.2. The number of carbonyl (C=O) groups is 2. The van der Waals surface area contributed by atoms with Crippen LogP contribution in [0.2, 0.25) is 0 Å². The van der Waals surface area contributed by atoms with E-state index in [1.165, 1.54) is 11.8 Å². The van der Waals surface area contributed by atoms with Gasteiger partial charge in [0.25, 0.3) is 0 Å². The Morgan fingerprint density at radius 2 is 1.96 bits per heavy atom. The molecule has 3 amide bonds. The fraction of sp³-hybridized carbons (Fsp3) is 0.438. The van der Waals surface area contributed by atoms with Crippen LogP contribution in [-0.4, -0.2) is 43.1 Å². The highest BCUT2D eigenvalue weighted by atomic mass is 32.2. The number of hydrogen-bond donors (Lipinski definition) is 3. The van der Waals surface area contributed by atoms with Crippen LogP contribution >= 0.6 is 11.8 Å². The lowest BCUT2D eigenvalue weighted by molar-refractivity contribution is -0.122. The average Bonchev–Trinajstić information content (AvgIpc) is 2.55. The van der Waals surface area contributed by atoms with E-state index in [9.17, 15) is 9.59 Å². The predicted molar refractivity (Wildman–Crippen MR) is 92.1 cm³/mol. The molecule has 0 aliphatic heterocycles. The Bertz CT molecular complexity index is 531. The van der Waals surface area contributed by atoms with Gasteiger partial charge in [0.1, 0.15) is 6.04 Å². The monoisotopic (exact) mass is 334 g/mol. The van der Waals surface area contributed by atoms with Gasteiger partial charge in [0.2, 0.25) is 5.91 Å². The van der Waals surface area contributed by atoms with E-state index in [0.717, 1.165) is 12.0 Å². The SMILES string of the molecule is CSCC(NC(=O)NCCc1ccccc1)C(=O)NCCC#N. The molecule has 1 rings (SSSR count). The topological polar surface area (TPSA) is 94.0 Å². The summed E-state index contributed by atoms with van der Waals surface area (Å²) in [6, 6.07) is 10.8. The summed E-state index contributed by atoms with van der Waals surface area (Å²) in [5.74, 6) is 0.206. The van der Waals surface area contributed by atoms with Gasteiger partial charge < -0.3 is 16.0 Å². The minimum Gasteiger partial charge on any atom is -0.353 e. The van der Waals surface area contributed by atoms with Crippen molar-refractivity contribution in [3.8, 4) is 6.07 Å². The third kappa shape index (κ3) is 8.12. The normalized spacial score (nSPS) is 11.1. The molecule has 0 radical (unpaired) electrons. The van der Waals surface area contributed by atoms with Crippen molar-refractivity contribution in [3.05, 3.63) is 35.9 Å². The molecule has 124 valence electrons. The number of urea groups is 1. The van der Waals surface area contributed by atoms with Gasteiger partial charge in [-0.3, -0.25) is 4.79 Å².